The van der Waals surface area contributed by atoms with E-state index in [1.54, 1.807) is 0 Å². The predicted molar refractivity (Wildman–Crippen MR) is 94.6 cm³/mol. The molecule has 0 atom stereocenters. The molecule has 9 heteroatoms. The maximum absolute atomic E-state index is 12.5. The Hall–Kier alpha value is -3.20. The number of ether oxygens (including phenoxy) is 2. The number of carbonyl (C=O) groups excluding carboxylic acids is 1. The van der Waals surface area contributed by atoms with Gasteiger partial charge in [0.15, 0.2) is 16.3 Å². The zero-order chi connectivity index (χ0) is 18.3. The number of aromatic nitrogens is 1. The topological polar surface area (TPSA) is 96.0 Å². The first-order valence-corrected chi connectivity index (χ1v) is 8.65. The molecule has 2 heterocycles. The summed E-state index contributed by atoms with van der Waals surface area (Å²) in [6, 6.07) is 9.28. The largest absolute Gasteiger partial charge is 0.454 e. The van der Waals surface area contributed by atoms with Crippen LogP contribution in [-0.2, 0) is 6.54 Å². The standard InChI is InChI=1S/C17H13N3O5S/c1-2-19-12-7-13-14(25-9-24-13)8-15(12)26-17(19)18-16(21)10-4-3-5-11(6-10)20(22)23/h3-8H,2,9H2,1H3. The number of benzene rings is 2. The molecular weight excluding hydrogens is 358 g/mol. The molecule has 132 valence electrons. The van der Waals surface area contributed by atoms with Crippen molar-refractivity contribution in [3.05, 3.63) is 56.9 Å². The molecular formula is C17H13N3O5S. The van der Waals surface area contributed by atoms with Crippen molar-refractivity contribution in [2.75, 3.05) is 6.79 Å². The summed E-state index contributed by atoms with van der Waals surface area (Å²) in [4.78, 5) is 27.5. The lowest BCUT2D eigenvalue weighted by Crippen LogP contribution is -2.15. The molecule has 0 unspecified atom stereocenters. The number of nitro groups is 1. The fraction of sp³-hybridized carbons (Fsp3) is 0.176. The minimum atomic E-state index is -0.538. The van der Waals surface area contributed by atoms with Crippen LogP contribution in [0.2, 0.25) is 0 Å². The number of non-ortho nitro benzene ring substituents is 1. The molecule has 1 aromatic heterocycles. The van der Waals surface area contributed by atoms with Gasteiger partial charge in [-0.25, -0.2) is 0 Å². The molecule has 8 nitrogen and oxygen atoms in total. The van der Waals surface area contributed by atoms with Crippen LogP contribution in [0.4, 0.5) is 5.69 Å². The van der Waals surface area contributed by atoms with Gasteiger partial charge in [-0.1, -0.05) is 17.4 Å². The number of thiazole rings is 1. The van der Waals surface area contributed by atoms with Crippen molar-refractivity contribution in [2.24, 2.45) is 4.99 Å². The van der Waals surface area contributed by atoms with Gasteiger partial charge in [0.2, 0.25) is 6.79 Å². The summed E-state index contributed by atoms with van der Waals surface area (Å²) >= 11 is 1.35. The highest BCUT2D eigenvalue weighted by molar-refractivity contribution is 7.16. The van der Waals surface area contributed by atoms with Gasteiger partial charge in [-0.05, 0) is 13.0 Å². The Kier molecular flexibility index (Phi) is 3.92. The quantitative estimate of drug-likeness (QED) is 0.521. The summed E-state index contributed by atoms with van der Waals surface area (Å²) in [6.45, 7) is 2.76. The summed E-state index contributed by atoms with van der Waals surface area (Å²) in [6.07, 6.45) is 0. The summed E-state index contributed by atoms with van der Waals surface area (Å²) in [5.41, 5.74) is 0.928. The van der Waals surface area contributed by atoms with E-state index in [0.717, 1.165) is 10.2 Å². The molecule has 4 rings (SSSR count). The second kappa shape index (κ2) is 6.26. The zero-order valence-electron chi connectivity index (χ0n) is 13.7. The molecule has 1 amide bonds. The van der Waals surface area contributed by atoms with Crippen LogP contribution in [0.5, 0.6) is 11.5 Å². The number of aryl methyl sites for hydroxylation is 1. The van der Waals surface area contributed by atoms with Crippen LogP contribution in [0.3, 0.4) is 0 Å². The first-order chi connectivity index (χ1) is 12.6. The molecule has 2 aromatic carbocycles. The third kappa shape index (κ3) is 2.72. The third-order valence-electron chi connectivity index (χ3n) is 3.99. The number of fused-ring (bicyclic) bond motifs is 2. The van der Waals surface area contributed by atoms with E-state index in [4.69, 9.17) is 9.47 Å². The summed E-state index contributed by atoms with van der Waals surface area (Å²) in [7, 11) is 0. The smallest absolute Gasteiger partial charge is 0.279 e. The number of rotatable bonds is 3. The van der Waals surface area contributed by atoms with Crippen molar-refractivity contribution in [1.29, 1.82) is 0 Å². The van der Waals surface area contributed by atoms with Gasteiger partial charge >= 0.3 is 0 Å². The lowest BCUT2D eigenvalue weighted by Gasteiger charge is -2.01. The molecule has 3 aromatic rings. The number of nitro benzene ring substituents is 1. The average Bonchev–Trinajstić information content (AvgIpc) is 3.22. The van der Waals surface area contributed by atoms with Crippen LogP contribution in [0.15, 0.2) is 41.4 Å². The third-order valence-corrected chi connectivity index (χ3v) is 5.04. The van der Waals surface area contributed by atoms with Crippen LogP contribution in [-0.4, -0.2) is 22.2 Å². The van der Waals surface area contributed by atoms with Crippen molar-refractivity contribution in [1.82, 2.24) is 4.57 Å². The first kappa shape index (κ1) is 16.3. The maximum atomic E-state index is 12.5. The minimum Gasteiger partial charge on any atom is -0.454 e. The predicted octanol–water partition coefficient (Wildman–Crippen LogP) is 3.10. The van der Waals surface area contributed by atoms with E-state index in [2.05, 4.69) is 4.99 Å². The van der Waals surface area contributed by atoms with Crippen molar-refractivity contribution in [3.8, 4) is 11.5 Å². The number of hydrogen-bond acceptors (Lipinski definition) is 6. The second-order valence-corrected chi connectivity index (χ2v) is 6.54. The van der Waals surface area contributed by atoms with Gasteiger partial charge < -0.3 is 14.0 Å². The van der Waals surface area contributed by atoms with E-state index in [1.165, 1.54) is 35.6 Å². The van der Waals surface area contributed by atoms with E-state index in [9.17, 15) is 14.9 Å². The number of nitrogens with zero attached hydrogens (tertiary/aromatic N) is 3. The molecule has 1 aliphatic rings. The van der Waals surface area contributed by atoms with Crippen molar-refractivity contribution < 1.29 is 19.2 Å². The molecule has 1 aliphatic heterocycles. The van der Waals surface area contributed by atoms with Crippen LogP contribution < -0.4 is 14.3 Å². The molecule has 0 aliphatic carbocycles. The van der Waals surface area contributed by atoms with Crippen LogP contribution in [0, 0.1) is 10.1 Å². The normalized spacial score (nSPS) is 13.3. The van der Waals surface area contributed by atoms with E-state index in [0.29, 0.717) is 22.8 Å². The Morgan fingerprint density at radius 1 is 1.31 bits per heavy atom. The van der Waals surface area contributed by atoms with Gasteiger partial charge in [-0.15, -0.1) is 0 Å². The molecule has 26 heavy (non-hydrogen) atoms. The second-order valence-electron chi connectivity index (χ2n) is 5.53. The molecule has 0 saturated carbocycles. The SMILES string of the molecule is CCn1c(=NC(=O)c2cccc([N+](=O)[O-])c2)sc2cc3c(cc21)OCO3. The van der Waals surface area contributed by atoms with Gasteiger partial charge in [0.25, 0.3) is 11.6 Å². The molecule has 0 bridgehead atoms. The Morgan fingerprint density at radius 2 is 2.08 bits per heavy atom. The highest BCUT2D eigenvalue weighted by Gasteiger charge is 2.18. The lowest BCUT2D eigenvalue weighted by atomic mass is 10.2. The van der Waals surface area contributed by atoms with Crippen LogP contribution >= 0.6 is 11.3 Å². The minimum absolute atomic E-state index is 0.142. The van der Waals surface area contributed by atoms with Gasteiger partial charge in [0, 0.05) is 36.4 Å². The average molecular weight is 371 g/mol. The summed E-state index contributed by atoms with van der Waals surface area (Å²) in [5, 5.41) is 10.9. The van der Waals surface area contributed by atoms with E-state index in [-0.39, 0.29) is 18.0 Å². The zero-order valence-corrected chi connectivity index (χ0v) is 14.5. The fourth-order valence-corrected chi connectivity index (χ4v) is 3.86. The molecule has 0 spiro atoms. The van der Waals surface area contributed by atoms with Crippen molar-refractivity contribution in [3.63, 3.8) is 0 Å². The van der Waals surface area contributed by atoms with Crippen LogP contribution in [0.1, 0.15) is 17.3 Å². The van der Waals surface area contributed by atoms with E-state index in [1.807, 2.05) is 23.6 Å². The first-order valence-electron chi connectivity index (χ1n) is 7.83. The highest BCUT2D eigenvalue weighted by atomic mass is 32.1. The molecule has 0 N–H and O–H groups in total. The monoisotopic (exact) mass is 371 g/mol. The van der Waals surface area contributed by atoms with Crippen LogP contribution in [0.25, 0.3) is 10.2 Å². The van der Waals surface area contributed by atoms with Gasteiger partial charge in [-0.3, -0.25) is 14.9 Å². The van der Waals surface area contributed by atoms with Crippen molar-refractivity contribution in [2.45, 2.75) is 13.5 Å². The number of amides is 1. The molecule has 0 saturated heterocycles. The highest BCUT2D eigenvalue weighted by Crippen LogP contribution is 2.36. The molecule has 0 fully saturated rings. The van der Waals surface area contributed by atoms with Gasteiger partial charge in [0.05, 0.1) is 15.1 Å². The fourth-order valence-electron chi connectivity index (χ4n) is 2.75. The molecule has 0 radical (unpaired) electrons. The number of carbonyl (C=O) groups is 1. The Balaban J connectivity index is 1.81. The summed E-state index contributed by atoms with van der Waals surface area (Å²) in [5.74, 6) is 0.801. The lowest BCUT2D eigenvalue weighted by molar-refractivity contribution is -0.384. The maximum Gasteiger partial charge on any atom is 0.279 e. The van der Waals surface area contributed by atoms with Crippen molar-refractivity contribution >= 4 is 33.1 Å². The Bertz CT molecular complexity index is 1120. The Labute approximate surface area is 151 Å². The Morgan fingerprint density at radius 3 is 2.81 bits per heavy atom. The van der Waals surface area contributed by atoms with Gasteiger partial charge in [0.1, 0.15) is 0 Å². The number of hydrogen-bond donors (Lipinski definition) is 0. The van der Waals surface area contributed by atoms with E-state index < -0.39 is 10.8 Å². The van der Waals surface area contributed by atoms with E-state index >= 15 is 0 Å². The summed E-state index contributed by atoms with van der Waals surface area (Å²) < 4.78 is 13.6. The van der Waals surface area contributed by atoms with Gasteiger partial charge in [-0.2, -0.15) is 4.99 Å².